The second-order valence-electron chi connectivity index (χ2n) is 8.46. The highest BCUT2D eigenvalue weighted by atomic mass is 35.5. The summed E-state index contributed by atoms with van der Waals surface area (Å²) >= 11 is 20.9. The average molecular weight is 603 g/mol. The Hall–Kier alpha value is -2.88. The number of hydrogen-bond acceptors (Lipinski definition) is 7. The van der Waals surface area contributed by atoms with Gasteiger partial charge >= 0.3 is 5.91 Å². The van der Waals surface area contributed by atoms with Crippen molar-refractivity contribution < 1.29 is 14.7 Å². The fraction of sp³-hybridized carbons (Fsp3) is 0.111. The number of anilines is 1. The molecule has 1 amide bonds. The van der Waals surface area contributed by atoms with Crippen LogP contribution in [0.4, 0.5) is 5.13 Å². The Balaban J connectivity index is 1.52. The van der Waals surface area contributed by atoms with E-state index in [2.05, 4.69) is 10.2 Å². The number of carbonyl (C=O) groups excluding carboxylic acids is 2. The summed E-state index contributed by atoms with van der Waals surface area (Å²) in [7, 11) is 0. The number of ketones is 1. The van der Waals surface area contributed by atoms with Crippen molar-refractivity contribution in [3.8, 4) is 0 Å². The molecule has 2 heterocycles. The monoisotopic (exact) mass is 601 g/mol. The highest BCUT2D eigenvalue weighted by Crippen LogP contribution is 2.44. The van der Waals surface area contributed by atoms with Crippen molar-refractivity contribution in [3.05, 3.63) is 110 Å². The highest BCUT2D eigenvalue weighted by molar-refractivity contribution is 8.00. The van der Waals surface area contributed by atoms with E-state index in [9.17, 15) is 14.7 Å². The fourth-order valence-electron chi connectivity index (χ4n) is 3.99. The Kier molecular flexibility index (Phi) is 7.79. The number of amides is 1. The van der Waals surface area contributed by atoms with E-state index >= 15 is 0 Å². The molecule has 1 unspecified atom stereocenters. The first-order chi connectivity index (χ1) is 18.2. The predicted molar refractivity (Wildman–Crippen MR) is 153 cm³/mol. The molecule has 3 aromatic carbocycles. The molecule has 4 aromatic rings. The Morgan fingerprint density at radius 3 is 2.34 bits per heavy atom. The molecule has 5 rings (SSSR count). The normalized spacial score (nSPS) is 16.8. The van der Waals surface area contributed by atoms with Gasteiger partial charge in [-0.1, -0.05) is 106 Å². The van der Waals surface area contributed by atoms with E-state index in [1.807, 2.05) is 25.1 Å². The van der Waals surface area contributed by atoms with Crippen LogP contribution in [0.1, 0.15) is 28.3 Å². The van der Waals surface area contributed by atoms with Crippen LogP contribution in [0.15, 0.2) is 76.6 Å². The van der Waals surface area contributed by atoms with E-state index in [0.29, 0.717) is 36.3 Å². The first-order valence-corrected chi connectivity index (χ1v) is 14.2. The molecule has 1 N–H and O–H groups in total. The maximum absolute atomic E-state index is 13.3. The highest BCUT2D eigenvalue weighted by Gasteiger charge is 2.48. The molecule has 11 heteroatoms. The Bertz CT molecular complexity index is 1570. The molecule has 1 saturated heterocycles. The van der Waals surface area contributed by atoms with Gasteiger partial charge in [-0.2, -0.15) is 0 Å². The van der Waals surface area contributed by atoms with Crippen LogP contribution in [-0.2, 0) is 15.3 Å². The van der Waals surface area contributed by atoms with Crippen molar-refractivity contribution in [1.82, 2.24) is 10.2 Å². The molecule has 6 nitrogen and oxygen atoms in total. The summed E-state index contributed by atoms with van der Waals surface area (Å²) in [4.78, 5) is 27.9. The molecule has 1 fully saturated rings. The molecule has 192 valence electrons. The smallest absolute Gasteiger partial charge is 0.301 e. The van der Waals surface area contributed by atoms with E-state index in [4.69, 9.17) is 34.8 Å². The molecule has 0 saturated carbocycles. The lowest BCUT2D eigenvalue weighted by atomic mass is 9.95. The molecule has 0 bridgehead atoms. The number of rotatable bonds is 6. The van der Waals surface area contributed by atoms with Crippen LogP contribution in [0.5, 0.6) is 0 Å². The molecular weight excluding hydrogens is 585 g/mol. The van der Waals surface area contributed by atoms with E-state index < -0.39 is 17.7 Å². The third-order valence-corrected chi connectivity index (χ3v) is 8.87. The van der Waals surface area contributed by atoms with Crippen molar-refractivity contribution >= 4 is 80.5 Å². The first kappa shape index (κ1) is 26.7. The first-order valence-electron chi connectivity index (χ1n) is 11.3. The zero-order chi connectivity index (χ0) is 27.0. The zero-order valence-electron chi connectivity index (χ0n) is 19.7. The summed E-state index contributed by atoms with van der Waals surface area (Å²) in [6, 6.07) is 18.2. The van der Waals surface area contributed by atoms with Crippen LogP contribution >= 0.6 is 57.9 Å². The van der Waals surface area contributed by atoms with Crippen molar-refractivity contribution in [2.45, 2.75) is 23.1 Å². The quantitative estimate of drug-likeness (QED) is 0.0800. The van der Waals surface area contributed by atoms with Gasteiger partial charge in [0.2, 0.25) is 5.13 Å². The Morgan fingerprint density at radius 1 is 0.974 bits per heavy atom. The Labute approximate surface area is 241 Å². The van der Waals surface area contributed by atoms with Crippen LogP contribution in [0, 0.1) is 6.92 Å². The van der Waals surface area contributed by atoms with Gasteiger partial charge in [0.25, 0.3) is 5.78 Å². The molecule has 1 aliphatic heterocycles. The van der Waals surface area contributed by atoms with Crippen molar-refractivity contribution in [1.29, 1.82) is 0 Å². The maximum Gasteiger partial charge on any atom is 0.301 e. The predicted octanol–water partition coefficient (Wildman–Crippen LogP) is 7.73. The molecular formula is C27H18Cl3N3O3S2. The minimum Gasteiger partial charge on any atom is -0.507 e. The molecule has 1 aromatic heterocycles. The van der Waals surface area contributed by atoms with Gasteiger partial charge in [0.05, 0.1) is 11.6 Å². The summed E-state index contributed by atoms with van der Waals surface area (Å²) in [6.45, 7) is 1.92. The SMILES string of the molecule is Cc1ccc(/C(O)=C2/C(=O)C(=O)N(c3nnc(SCc4ccc(Cl)cc4Cl)s3)C2c2ccc(Cl)cc2)cc1. The van der Waals surface area contributed by atoms with Gasteiger partial charge in [-0.15, -0.1) is 10.2 Å². The summed E-state index contributed by atoms with van der Waals surface area (Å²) < 4.78 is 0.585. The topological polar surface area (TPSA) is 83.4 Å². The van der Waals surface area contributed by atoms with Gasteiger partial charge in [-0.3, -0.25) is 14.5 Å². The van der Waals surface area contributed by atoms with Crippen LogP contribution < -0.4 is 4.90 Å². The molecule has 0 aliphatic carbocycles. The van der Waals surface area contributed by atoms with Crippen molar-refractivity contribution in [2.24, 2.45) is 0 Å². The van der Waals surface area contributed by atoms with E-state index in [1.54, 1.807) is 48.5 Å². The van der Waals surface area contributed by atoms with Crippen molar-refractivity contribution in [2.75, 3.05) is 4.90 Å². The lowest BCUT2D eigenvalue weighted by molar-refractivity contribution is -0.132. The lowest BCUT2D eigenvalue weighted by Crippen LogP contribution is -2.29. The number of nitrogens with zero attached hydrogens (tertiary/aromatic N) is 3. The van der Waals surface area contributed by atoms with Crippen LogP contribution in [-0.4, -0.2) is 27.0 Å². The number of aliphatic hydroxyl groups excluding tert-OH is 1. The second kappa shape index (κ2) is 11.1. The molecule has 0 radical (unpaired) electrons. The number of carbonyl (C=O) groups is 2. The summed E-state index contributed by atoms with van der Waals surface area (Å²) in [5.41, 5.74) is 2.87. The number of hydrogen-bond donors (Lipinski definition) is 1. The number of thioether (sulfide) groups is 1. The molecule has 0 spiro atoms. The maximum atomic E-state index is 13.3. The van der Waals surface area contributed by atoms with Crippen molar-refractivity contribution in [3.63, 3.8) is 0 Å². The largest absolute Gasteiger partial charge is 0.507 e. The molecule has 38 heavy (non-hydrogen) atoms. The summed E-state index contributed by atoms with van der Waals surface area (Å²) in [5, 5.41) is 21.5. The van der Waals surface area contributed by atoms with Gasteiger partial charge in [-0.25, -0.2) is 0 Å². The van der Waals surface area contributed by atoms with E-state index in [-0.39, 0.29) is 16.5 Å². The minimum absolute atomic E-state index is 0.0291. The number of halogens is 3. The van der Waals surface area contributed by atoms with Gasteiger partial charge < -0.3 is 5.11 Å². The van der Waals surface area contributed by atoms with Crippen LogP contribution in [0.25, 0.3) is 5.76 Å². The van der Waals surface area contributed by atoms with Gasteiger partial charge in [0.1, 0.15) is 5.76 Å². The number of Topliss-reactive ketones (excluding diaryl/α,β-unsaturated/α-hetero) is 1. The van der Waals surface area contributed by atoms with Gasteiger partial charge in [-0.05, 0) is 42.3 Å². The third-order valence-electron chi connectivity index (χ3n) is 5.92. The summed E-state index contributed by atoms with van der Waals surface area (Å²) in [5.74, 6) is -1.35. The number of aromatic nitrogens is 2. The van der Waals surface area contributed by atoms with Crippen LogP contribution in [0.3, 0.4) is 0 Å². The van der Waals surface area contributed by atoms with E-state index in [1.165, 1.54) is 28.0 Å². The average Bonchev–Trinajstić information content (AvgIpc) is 3.46. The number of aliphatic hydroxyl groups is 1. The molecule has 1 atom stereocenters. The zero-order valence-corrected chi connectivity index (χ0v) is 23.6. The minimum atomic E-state index is -0.912. The number of aryl methyl sites for hydroxylation is 1. The number of benzene rings is 3. The van der Waals surface area contributed by atoms with Gasteiger partial charge in [0.15, 0.2) is 4.34 Å². The fourth-order valence-corrected chi connectivity index (χ4v) is 6.55. The molecule has 1 aliphatic rings. The van der Waals surface area contributed by atoms with Crippen LogP contribution in [0.2, 0.25) is 15.1 Å². The third kappa shape index (κ3) is 5.32. The lowest BCUT2D eigenvalue weighted by Gasteiger charge is -2.22. The standard InChI is InChI=1S/C27H18Cl3N3O3S2/c1-14-2-4-16(5-3-14)23(34)21-22(15-6-9-18(28)10-7-15)33(25(36)24(21)35)26-31-32-27(38-26)37-13-17-8-11-19(29)12-20(17)30/h2-12,22,34H,13H2,1H3/b23-21-. The summed E-state index contributed by atoms with van der Waals surface area (Å²) in [6.07, 6.45) is 0. The van der Waals surface area contributed by atoms with Gasteiger partial charge in [0, 0.05) is 26.4 Å². The second-order valence-corrected chi connectivity index (χ2v) is 11.9. The Morgan fingerprint density at radius 2 is 1.66 bits per heavy atom. The van der Waals surface area contributed by atoms with E-state index in [0.717, 1.165) is 11.1 Å².